The van der Waals surface area contributed by atoms with Gasteiger partial charge < -0.3 is 9.47 Å². The lowest BCUT2D eigenvalue weighted by atomic mass is 10.2. The van der Waals surface area contributed by atoms with E-state index in [4.69, 9.17) is 0 Å². The number of hydrogen-bond donors (Lipinski definition) is 0. The molecule has 6 heteroatoms. The summed E-state index contributed by atoms with van der Waals surface area (Å²) < 4.78 is 2.31. The molecule has 2 aliphatic carbocycles. The van der Waals surface area contributed by atoms with Crippen LogP contribution in [0.2, 0.25) is 0 Å². The lowest BCUT2D eigenvalue weighted by molar-refractivity contribution is -0.116. The Morgan fingerprint density at radius 2 is 2.00 bits per heavy atom. The van der Waals surface area contributed by atoms with Crippen LogP contribution in [0.15, 0.2) is 29.4 Å². The van der Waals surface area contributed by atoms with Gasteiger partial charge in [0.25, 0.3) is 0 Å². The molecule has 0 atom stereocenters. The number of hydrogen-bond acceptors (Lipinski definition) is 4. The summed E-state index contributed by atoms with van der Waals surface area (Å²) in [7, 11) is 0. The molecule has 2 fully saturated rings. The van der Waals surface area contributed by atoms with Crippen molar-refractivity contribution < 1.29 is 4.79 Å². The number of benzene rings is 1. The van der Waals surface area contributed by atoms with Crippen LogP contribution in [-0.4, -0.2) is 33.0 Å². The van der Waals surface area contributed by atoms with Gasteiger partial charge in [0.2, 0.25) is 5.91 Å². The smallest absolute Gasteiger partial charge is 0.237 e. The third-order valence-corrected chi connectivity index (χ3v) is 5.99. The maximum Gasteiger partial charge on any atom is 0.237 e. The molecule has 0 spiro atoms. The summed E-state index contributed by atoms with van der Waals surface area (Å²) in [5.74, 6) is 2.36. The van der Waals surface area contributed by atoms with E-state index < -0.39 is 0 Å². The van der Waals surface area contributed by atoms with Gasteiger partial charge in [0.15, 0.2) is 5.16 Å². The number of fused-ring (bicyclic) bond motifs is 1. The molecule has 5 rings (SSSR count). The molecule has 0 unspecified atom stereocenters. The van der Waals surface area contributed by atoms with Crippen LogP contribution in [0.25, 0.3) is 0 Å². The first-order chi connectivity index (χ1) is 11.8. The first kappa shape index (κ1) is 14.5. The van der Waals surface area contributed by atoms with Gasteiger partial charge in [0, 0.05) is 24.2 Å². The zero-order valence-electron chi connectivity index (χ0n) is 13.5. The number of amides is 1. The average molecular weight is 340 g/mol. The number of anilines is 1. The Kier molecular flexibility index (Phi) is 3.40. The Balaban J connectivity index is 1.31. The predicted molar refractivity (Wildman–Crippen MR) is 93.5 cm³/mol. The maximum absolute atomic E-state index is 12.7. The number of para-hydroxylation sites is 1. The van der Waals surface area contributed by atoms with E-state index in [9.17, 15) is 4.79 Å². The van der Waals surface area contributed by atoms with Gasteiger partial charge in [-0.3, -0.25) is 4.79 Å². The highest BCUT2D eigenvalue weighted by Crippen LogP contribution is 2.46. The number of aromatic nitrogens is 3. The summed E-state index contributed by atoms with van der Waals surface area (Å²) >= 11 is 1.55. The monoisotopic (exact) mass is 340 g/mol. The lowest BCUT2D eigenvalue weighted by Crippen LogP contribution is -2.30. The van der Waals surface area contributed by atoms with Crippen molar-refractivity contribution in [2.75, 3.05) is 17.2 Å². The van der Waals surface area contributed by atoms with E-state index in [2.05, 4.69) is 20.8 Å². The first-order valence-electron chi connectivity index (χ1n) is 8.77. The Morgan fingerprint density at radius 3 is 2.79 bits per heavy atom. The summed E-state index contributed by atoms with van der Waals surface area (Å²) in [6, 6.07) is 8.77. The molecule has 2 aromatic rings. The fourth-order valence-electron chi connectivity index (χ4n) is 3.48. The SMILES string of the molecule is O=C(CSc1nnc(C2CC2)n1C1CC1)N1CCc2ccccc21. The highest BCUT2D eigenvalue weighted by atomic mass is 32.2. The second-order valence-electron chi connectivity index (χ2n) is 6.93. The quantitative estimate of drug-likeness (QED) is 0.785. The standard InChI is InChI=1S/C18H20N4OS/c23-16(21-10-9-12-3-1-2-4-15(12)21)11-24-18-20-19-17(13-5-6-13)22(18)14-7-8-14/h1-4,13-14H,5-11H2. The Labute approximate surface area is 145 Å². The van der Waals surface area contributed by atoms with Crippen LogP contribution < -0.4 is 4.90 Å². The van der Waals surface area contributed by atoms with Gasteiger partial charge in [0.1, 0.15) is 5.82 Å². The summed E-state index contributed by atoms with van der Waals surface area (Å²) in [4.78, 5) is 14.6. The third-order valence-electron chi connectivity index (χ3n) is 5.06. The van der Waals surface area contributed by atoms with E-state index in [0.29, 0.717) is 17.7 Å². The summed E-state index contributed by atoms with van der Waals surface area (Å²) in [6.07, 6.45) is 5.87. The lowest BCUT2D eigenvalue weighted by Gasteiger charge is -2.17. The van der Waals surface area contributed by atoms with Gasteiger partial charge in [-0.05, 0) is 43.7 Å². The number of carbonyl (C=O) groups excluding carboxylic acids is 1. The van der Waals surface area contributed by atoms with Crippen LogP contribution >= 0.6 is 11.8 Å². The van der Waals surface area contributed by atoms with Gasteiger partial charge >= 0.3 is 0 Å². The zero-order valence-corrected chi connectivity index (χ0v) is 14.3. The van der Waals surface area contributed by atoms with Crippen molar-refractivity contribution in [1.29, 1.82) is 0 Å². The normalized spacial score (nSPS) is 19.6. The van der Waals surface area contributed by atoms with Crippen LogP contribution in [-0.2, 0) is 11.2 Å². The van der Waals surface area contributed by atoms with E-state index in [1.807, 2.05) is 23.1 Å². The molecule has 1 aromatic carbocycles. The number of thioether (sulfide) groups is 1. The topological polar surface area (TPSA) is 51.0 Å². The first-order valence-corrected chi connectivity index (χ1v) is 9.75. The summed E-state index contributed by atoms with van der Waals surface area (Å²) in [5, 5.41) is 9.74. The molecule has 2 saturated carbocycles. The van der Waals surface area contributed by atoms with E-state index in [1.165, 1.54) is 31.2 Å². The summed E-state index contributed by atoms with van der Waals surface area (Å²) in [5.41, 5.74) is 2.35. The molecule has 124 valence electrons. The molecule has 0 bridgehead atoms. The molecular weight excluding hydrogens is 320 g/mol. The Bertz CT molecular complexity index is 794. The molecular formula is C18H20N4OS. The molecule has 5 nitrogen and oxygen atoms in total. The Morgan fingerprint density at radius 1 is 1.17 bits per heavy atom. The Hall–Kier alpha value is -1.82. The second kappa shape index (κ2) is 5.62. The summed E-state index contributed by atoms with van der Waals surface area (Å²) in [6.45, 7) is 0.793. The molecule has 0 saturated heterocycles. The van der Waals surface area contributed by atoms with Crippen LogP contribution in [0, 0.1) is 0 Å². The van der Waals surface area contributed by atoms with Crippen LogP contribution in [0.3, 0.4) is 0 Å². The van der Waals surface area contributed by atoms with Crippen LogP contribution in [0.5, 0.6) is 0 Å². The van der Waals surface area contributed by atoms with E-state index >= 15 is 0 Å². The van der Waals surface area contributed by atoms with Crippen molar-refractivity contribution in [3.8, 4) is 0 Å². The predicted octanol–water partition coefficient (Wildman–Crippen LogP) is 3.17. The fraction of sp³-hybridized carbons (Fsp3) is 0.500. The number of nitrogens with zero attached hydrogens (tertiary/aromatic N) is 4. The van der Waals surface area contributed by atoms with E-state index in [-0.39, 0.29) is 5.91 Å². The van der Waals surface area contributed by atoms with Crippen molar-refractivity contribution in [3.05, 3.63) is 35.7 Å². The van der Waals surface area contributed by atoms with E-state index in [0.717, 1.165) is 29.6 Å². The van der Waals surface area contributed by atoms with Crippen molar-refractivity contribution in [3.63, 3.8) is 0 Å². The second-order valence-corrected chi connectivity index (χ2v) is 7.87. The van der Waals surface area contributed by atoms with Crippen molar-refractivity contribution in [2.24, 2.45) is 0 Å². The molecule has 2 heterocycles. The van der Waals surface area contributed by atoms with Crippen molar-refractivity contribution in [2.45, 2.75) is 49.2 Å². The van der Waals surface area contributed by atoms with Crippen molar-refractivity contribution >= 4 is 23.4 Å². The molecule has 1 aliphatic heterocycles. The maximum atomic E-state index is 12.7. The van der Waals surface area contributed by atoms with Gasteiger partial charge in [0.05, 0.1) is 5.75 Å². The van der Waals surface area contributed by atoms with Crippen LogP contribution in [0.1, 0.15) is 49.0 Å². The number of rotatable bonds is 5. The van der Waals surface area contributed by atoms with Gasteiger partial charge in [-0.25, -0.2) is 0 Å². The average Bonchev–Trinajstić information content (AvgIpc) is 3.54. The molecule has 0 radical (unpaired) electrons. The van der Waals surface area contributed by atoms with Gasteiger partial charge in [-0.1, -0.05) is 30.0 Å². The van der Waals surface area contributed by atoms with E-state index in [1.54, 1.807) is 11.8 Å². The van der Waals surface area contributed by atoms with Crippen LogP contribution in [0.4, 0.5) is 5.69 Å². The highest BCUT2D eigenvalue weighted by Gasteiger charge is 2.36. The molecule has 1 aromatic heterocycles. The molecule has 24 heavy (non-hydrogen) atoms. The van der Waals surface area contributed by atoms with Crippen molar-refractivity contribution in [1.82, 2.24) is 14.8 Å². The highest BCUT2D eigenvalue weighted by molar-refractivity contribution is 7.99. The van der Waals surface area contributed by atoms with Gasteiger partial charge in [-0.2, -0.15) is 0 Å². The minimum atomic E-state index is 0.170. The zero-order chi connectivity index (χ0) is 16.1. The minimum absolute atomic E-state index is 0.170. The molecule has 0 N–H and O–H groups in total. The minimum Gasteiger partial charge on any atom is -0.311 e. The molecule has 1 amide bonds. The molecule has 3 aliphatic rings. The fourth-order valence-corrected chi connectivity index (χ4v) is 4.37. The number of carbonyl (C=O) groups is 1. The largest absolute Gasteiger partial charge is 0.311 e. The third kappa shape index (κ3) is 2.53. The van der Waals surface area contributed by atoms with Gasteiger partial charge in [-0.15, -0.1) is 10.2 Å².